The van der Waals surface area contributed by atoms with Crippen LogP contribution in [0.3, 0.4) is 0 Å². The van der Waals surface area contributed by atoms with Gasteiger partial charge in [-0.25, -0.2) is 0 Å². The first-order chi connectivity index (χ1) is 9.74. The maximum Gasteiger partial charge on any atom is 0.112 e. The summed E-state index contributed by atoms with van der Waals surface area (Å²) in [5.41, 5.74) is 2.14. The molecule has 0 aromatic rings. The molecule has 0 saturated heterocycles. The van der Waals surface area contributed by atoms with E-state index in [1.165, 1.54) is 64.2 Å². The molecule has 114 valence electrons. The second-order valence-corrected chi connectivity index (χ2v) is 7.92. The van der Waals surface area contributed by atoms with Crippen LogP contribution in [0.25, 0.3) is 0 Å². The van der Waals surface area contributed by atoms with E-state index in [-0.39, 0.29) is 0 Å². The molecule has 0 spiro atoms. The topological polar surface area (TPSA) is 6.48 Å². The quantitative estimate of drug-likeness (QED) is 0.545. The summed E-state index contributed by atoms with van der Waals surface area (Å²) >= 11 is 0. The van der Waals surface area contributed by atoms with Crippen molar-refractivity contribution in [2.24, 2.45) is 0 Å². The zero-order valence-electron chi connectivity index (χ0n) is 13.5. The molecule has 2 rings (SSSR count). The van der Waals surface area contributed by atoms with Crippen molar-refractivity contribution >= 4 is 9.52 Å². The van der Waals surface area contributed by atoms with Gasteiger partial charge in [0.25, 0.3) is 0 Å². The highest BCUT2D eigenvalue weighted by Crippen LogP contribution is 2.27. The first-order valence-corrected chi connectivity index (χ1v) is 9.70. The summed E-state index contributed by atoms with van der Waals surface area (Å²) in [7, 11) is 5.55. The Kier molecular flexibility index (Phi) is 6.79. The van der Waals surface area contributed by atoms with E-state index in [0.717, 1.165) is 21.6 Å². The molecule has 2 fully saturated rings. The second-order valence-electron chi connectivity index (χ2n) is 6.66. The van der Waals surface area contributed by atoms with Crippen LogP contribution in [0.15, 0.2) is 12.3 Å². The van der Waals surface area contributed by atoms with Crippen molar-refractivity contribution in [2.45, 2.75) is 82.1 Å². The molecule has 0 aromatic carbocycles. The van der Waals surface area contributed by atoms with Crippen molar-refractivity contribution in [3.05, 3.63) is 12.3 Å². The van der Waals surface area contributed by atoms with Gasteiger partial charge in [-0.05, 0) is 39.8 Å². The van der Waals surface area contributed by atoms with Crippen LogP contribution >= 0.6 is 0 Å². The van der Waals surface area contributed by atoms with Gasteiger partial charge in [0.15, 0.2) is 0 Å². The molecular weight excluding hydrogens is 260 g/mol. The standard InChI is InChI=1S/C17H32N2Si/c1-4-20-17(18(2)15-11-7-5-8-12-15)19(3)16-13-9-6-10-14-16/h4,15-17H,1,5-14H2,2-3H3. The SMILES string of the molecule is C=C[Si]C(N(C)C1CCCCC1)N(C)C1CCCCC1. The van der Waals surface area contributed by atoms with Crippen molar-refractivity contribution in [2.75, 3.05) is 14.1 Å². The van der Waals surface area contributed by atoms with Crippen LogP contribution in [0.2, 0.25) is 0 Å². The Morgan fingerprint density at radius 2 is 1.25 bits per heavy atom. The molecule has 0 aromatic heterocycles. The van der Waals surface area contributed by atoms with Gasteiger partial charge in [0.05, 0.1) is 5.79 Å². The Morgan fingerprint density at radius 3 is 1.60 bits per heavy atom. The summed E-state index contributed by atoms with van der Waals surface area (Å²) < 4.78 is 0. The number of rotatable bonds is 6. The van der Waals surface area contributed by atoms with Gasteiger partial charge in [-0.1, -0.05) is 38.5 Å². The van der Waals surface area contributed by atoms with Gasteiger partial charge < -0.3 is 0 Å². The van der Waals surface area contributed by atoms with Gasteiger partial charge in [0, 0.05) is 12.1 Å². The molecular formula is C17H32N2Si. The predicted molar refractivity (Wildman–Crippen MR) is 89.0 cm³/mol. The van der Waals surface area contributed by atoms with Crippen LogP contribution in [0.5, 0.6) is 0 Å². The Balaban J connectivity index is 1.97. The van der Waals surface area contributed by atoms with Crippen molar-refractivity contribution in [3.8, 4) is 0 Å². The van der Waals surface area contributed by atoms with Gasteiger partial charge in [-0.2, -0.15) is 0 Å². The largest absolute Gasteiger partial charge is 0.291 e. The zero-order chi connectivity index (χ0) is 14.4. The van der Waals surface area contributed by atoms with Crippen LogP contribution in [0.1, 0.15) is 64.2 Å². The maximum atomic E-state index is 4.01. The molecule has 0 amide bonds. The minimum Gasteiger partial charge on any atom is -0.291 e. The van der Waals surface area contributed by atoms with Gasteiger partial charge in [0.2, 0.25) is 0 Å². The number of hydrogen-bond donors (Lipinski definition) is 0. The normalized spacial score (nSPS) is 22.9. The molecule has 0 unspecified atom stereocenters. The summed E-state index contributed by atoms with van der Waals surface area (Å²) in [6.07, 6.45) is 14.2. The molecule has 2 aliphatic rings. The Bertz CT molecular complexity index is 259. The lowest BCUT2D eigenvalue weighted by Gasteiger charge is -2.45. The third-order valence-corrected chi connectivity index (χ3v) is 6.69. The van der Waals surface area contributed by atoms with Crippen molar-refractivity contribution < 1.29 is 0 Å². The molecule has 0 N–H and O–H groups in total. The Labute approximate surface area is 128 Å². The average molecular weight is 293 g/mol. The fourth-order valence-corrected chi connectivity index (χ4v) is 5.11. The lowest BCUT2D eigenvalue weighted by molar-refractivity contribution is 0.0472. The summed E-state index contributed by atoms with van der Waals surface area (Å²) in [4.78, 5) is 5.35. The monoisotopic (exact) mass is 292 g/mol. The summed E-state index contributed by atoms with van der Waals surface area (Å²) in [5, 5.41) is 0. The first kappa shape index (κ1) is 16.3. The van der Waals surface area contributed by atoms with Gasteiger partial charge >= 0.3 is 0 Å². The highest BCUT2D eigenvalue weighted by molar-refractivity contribution is 6.43. The van der Waals surface area contributed by atoms with Gasteiger partial charge in [-0.15, -0.1) is 12.3 Å². The van der Waals surface area contributed by atoms with Crippen LogP contribution in [0, 0.1) is 0 Å². The van der Waals surface area contributed by atoms with Crippen molar-refractivity contribution in [1.82, 2.24) is 9.80 Å². The number of hydrogen-bond acceptors (Lipinski definition) is 2. The van der Waals surface area contributed by atoms with E-state index >= 15 is 0 Å². The lowest BCUT2D eigenvalue weighted by atomic mass is 9.93. The Morgan fingerprint density at radius 1 is 0.850 bits per heavy atom. The molecule has 2 aliphatic carbocycles. The van der Waals surface area contributed by atoms with Crippen molar-refractivity contribution in [1.29, 1.82) is 0 Å². The highest BCUT2D eigenvalue weighted by atomic mass is 28.2. The van der Waals surface area contributed by atoms with Gasteiger partial charge in [-0.3, -0.25) is 9.80 Å². The molecule has 2 saturated carbocycles. The third-order valence-electron chi connectivity index (χ3n) is 5.34. The lowest BCUT2D eigenvalue weighted by Crippen LogP contribution is -2.56. The van der Waals surface area contributed by atoms with E-state index in [9.17, 15) is 0 Å². The van der Waals surface area contributed by atoms with Crippen LogP contribution in [-0.4, -0.2) is 51.3 Å². The smallest absolute Gasteiger partial charge is 0.112 e. The zero-order valence-corrected chi connectivity index (χ0v) is 14.5. The number of nitrogens with zero attached hydrogens (tertiary/aromatic N) is 2. The van der Waals surface area contributed by atoms with E-state index in [0.29, 0.717) is 5.79 Å². The van der Waals surface area contributed by atoms with Crippen LogP contribution in [0.4, 0.5) is 0 Å². The molecule has 2 nitrogen and oxygen atoms in total. The molecule has 0 atom stereocenters. The molecule has 20 heavy (non-hydrogen) atoms. The third kappa shape index (κ3) is 4.19. The average Bonchev–Trinajstić information content (AvgIpc) is 2.53. The minimum atomic E-state index is 0.582. The van der Waals surface area contributed by atoms with Gasteiger partial charge in [0.1, 0.15) is 9.52 Å². The first-order valence-electron chi connectivity index (χ1n) is 8.55. The molecule has 3 heteroatoms. The van der Waals surface area contributed by atoms with E-state index < -0.39 is 0 Å². The maximum absolute atomic E-state index is 4.01. The van der Waals surface area contributed by atoms with Crippen LogP contribution < -0.4 is 0 Å². The molecule has 0 heterocycles. The Hall–Kier alpha value is -0.123. The predicted octanol–water partition coefficient (Wildman–Crippen LogP) is 3.65. The fourth-order valence-electron chi connectivity index (χ4n) is 4.00. The summed E-state index contributed by atoms with van der Waals surface area (Å²) in [5.74, 6) is 0.582. The fraction of sp³-hybridized carbons (Fsp3) is 0.882. The molecule has 0 aliphatic heterocycles. The molecule has 2 radical (unpaired) electrons. The van der Waals surface area contributed by atoms with Crippen molar-refractivity contribution in [3.63, 3.8) is 0 Å². The second kappa shape index (κ2) is 8.35. The summed E-state index contributed by atoms with van der Waals surface area (Å²) in [6, 6.07) is 1.60. The highest BCUT2D eigenvalue weighted by Gasteiger charge is 2.30. The van der Waals surface area contributed by atoms with E-state index in [4.69, 9.17) is 0 Å². The van der Waals surface area contributed by atoms with E-state index in [1.54, 1.807) is 0 Å². The summed E-state index contributed by atoms with van der Waals surface area (Å²) in [6.45, 7) is 4.01. The molecule has 0 bridgehead atoms. The van der Waals surface area contributed by atoms with E-state index in [1.807, 2.05) is 0 Å². The minimum absolute atomic E-state index is 0.582. The van der Waals surface area contributed by atoms with E-state index in [2.05, 4.69) is 36.2 Å². The van der Waals surface area contributed by atoms with Crippen LogP contribution in [-0.2, 0) is 0 Å².